The Kier molecular flexibility index (Phi) is 15.8. The van der Waals surface area contributed by atoms with Crippen LogP contribution in [-0.4, -0.2) is 38.1 Å². The van der Waals surface area contributed by atoms with Crippen LogP contribution in [0.15, 0.2) is 0 Å². The number of unbranched alkanes of at least 4 members (excludes halogenated alkanes) is 4. The average molecular weight is 274 g/mol. The summed E-state index contributed by atoms with van der Waals surface area (Å²) in [6.45, 7) is 7.22. The van der Waals surface area contributed by atoms with Crippen molar-refractivity contribution in [3.8, 4) is 0 Å². The van der Waals surface area contributed by atoms with E-state index in [4.69, 9.17) is 14.6 Å². The van der Waals surface area contributed by atoms with Crippen molar-refractivity contribution < 1.29 is 14.6 Å². The Hall–Kier alpha value is -0.120. The minimum Gasteiger partial charge on any atom is -0.394 e. The summed E-state index contributed by atoms with van der Waals surface area (Å²) in [7, 11) is 0. The smallest absolute Gasteiger partial charge is 0.0701 e. The molecule has 3 nitrogen and oxygen atoms in total. The minimum absolute atomic E-state index is 0.0934. The van der Waals surface area contributed by atoms with E-state index in [2.05, 4.69) is 13.8 Å². The van der Waals surface area contributed by atoms with Crippen molar-refractivity contribution in [2.75, 3.05) is 33.0 Å². The fraction of sp³-hybridized carbons (Fsp3) is 1.00. The van der Waals surface area contributed by atoms with Gasteiger partial charge in [0.05, 0.1) is 26.4 Å². The van der Waals surface area contributed by atoms with Crippen molar-refractivity contribution in [1.82, 2.24) is 0 Å². The first kappa shape index (κ1) is 18.9. The van der Waals surface area contributed by atoms with Crippen molar-refractivity contribution in [2.45, 2.75) is 65.2 Å². The highest BCUT2D eigenvalue weighted by Crippen LogP contribution is 2.16. The summed E-state index contributed by atoms with van der Waals surface area (Å²) >= 11 is 0. The maximum absolute atomic E-state index is 8.52. The molecule has 0 aromatic carbocycles. The molecule has 0 amide bonds. The Morgan fingerprint density at radius 3 is 2.05 bits per heavy atom. The summed E-state index contributed by atoms with van der Waals surface area (Å²) in [4.78, 5) is 0. The van der Waals surface area contributed by atoms with Crippen LogP contribution in [0.4, 0.5) is 0 Å². The molecule has 1 atom stereocenters. The monoisotopic (exact) mass is 274 g/mol. The van der Waals surface area contributed by atoms with Crippen LogP contribution in [0.2, 0.25) is 0 Å². The molecule has 0 spiro atoms. The highest BCUT2D eigenvalue weighted by atomic mass is 16.5. The molecule has 0 radical (unpaired) electrons. The Bertz CT molecular complexity index is 162. The predicted octanol–water partition coefficient (Wildman–Crippen LogP) is 3.79. The Labute approximate surface area is 119 Å². The average Bonchev–Trinajstić information content (AvgIpc) is 2.42. The molecule has 0 aliphatic carbocycles. The summed E-state index contributed by atoms with van der Waals surface area (Å²) in [5, 5.41) is 8.52. The molecular weight excluding hydrogens is 240 g/mol. The van der Waals surface area contributed by atoms with Crippen molar-refractivity contribution in [1.29, 1.82) is 0 Å². The molecule has 0 saturated heterocycles. The van der Waals surface area contributed by atoms with Crippen LogP contribution in [0, 0.1) is 5.92 Å². The van der Waals surface area contributed by atoms with Gasteiger partial charge in [0.15, 0.2) is 0 Å². The predicted molar refractivity (Wildman–Crippen MR) is 80.5 cm³/mol. The van der Waals surface area contributed by atoms with Gasteiger partial charge in [0.2, 0.25) is 0 Å². The molecule has 116 valence electrons. The fourth-order valence-electron chi connectivity index (χ4n) is 2.15. The van der Waals surface area contributed by atoms with Crippen molar-refractivity contribution in [2.24, 2.45) is 5.92 Å². The molecule has 0 saturated carbocycles. The number of hydrogen-bond donors (Lipinski definition) is 1. The Morgan fingerprint density at radius 1 is 0.789 bits per heavy atom. The molecule has 0 bridgehead atoms. The standard InChI is InChI=1S/C16H34O3/c1-3-4-5-6-9-16(2)10-7-8-12-18-14-15-19-13-11-17/h16-17H,3-15H2,1-2H3. The normalized spacial score (nSPS) is 12.8. The molecule has 19 heavy (non-hydrogen) atoms. The van der Waals surface area contributed by atoms with Crippen LogP contribution in [0.1, 0.15) is 65.2 Å². The molecule has 0 aliphatic heterocycles. The van der Waals surface area contributed by atoms with Gasteiger partial charge >= 0.3 is 0 Å². The van der Waals surface area contributed by atoms with Crippen molar-refractivity contribution in [3.05, 3.63) is 0 Å². The number of hydrogen-bond acceptors (Lipinski definition) is 3. The lowest BCUT2D eigenvalue weighted by Crippen LogP contribution is -2.08. The van der Waals surface area contributed by atoms with Gasteiger partial charge < -0.3 is 14.6 Å². The van der Waals surface area contributed by atoms with Gasteiger partial charge in [0.1, 0.15) is 0 Å². The first-order valence-corrected chi connectivity index (χ1v) is 8.07. The molecule has 0 rings (SSSR count). The van der Waals surface area contributed by atoms with Crippen LogP contribution in [0.5, 0.6) is 0 Å². The summed E-state index contributed by atoms with van der Waals surface area (Å²) in [5.74, 6) is 0.866. The third-order valence-corrected chi connectivity index (χ3v) is 3.39. The molecular formula is C16H34O3. The highest BCUT2D eigenvalue weighted by molar-refractivity contribution is 4.54. The second kappa shape index (κ2) is 15.9. The van der Waals surface area contributed by atoms with Gasteiger partial charge in [0.25, 0.3) is 0 Å². The van der Waals surface area contributed by atoms with Gasteiger partial charge in [0, 0.05) is 6.61 Å². The Balaban J connectivity index is 3.07. The van der Waals surface area contributed by atoms with Gasteiger partial charge in [-0.15, -0.1) is 0 Å². The van der Waals surface area contributed by atoms with E-state index >= 15 is 0 Å². The molecule has 1 unspecified atom stereocenters. The van der Waals surface area contributed by atoms with Crippen LogP contribution < -0.4 is 0 Å². The molecule has 0 fully saturated rings. The van der Waals surface area contributed by atoms with Gasteiger partial charge in [-0.3, -0.25) is 0 Å². The highest BCUT2D eigenvalue weighted by Gasteiger charge is 2.01. The largest absolute Gasteiger partial charge is 0.394 e. The molecule has 0 heterocycles. The van der Waals surface area contributed by atoms with E-state index in [1.54, 1.807) is 0 Å². The third kappa shape index (κ3) is 15.8. The summed E-state index contributed by atoms with van der Waals surface area (Å²) < 4.78 is 10.6. The molecule has 0 aliphatic rings. The van der Waals surface area contributed by atoms with E-state index in [0.29, 0.717) is 19.8 Å². The zero-order valence-electron chi connectivity index (χ0n) is 13.0. The lowest BCUT2D eigenvalue weighted by molar-refractivity contribution is 0.0319. The van der Waals surface area contributed by atoms with Crippen LogP contribution in [0.25, 0.3) is 0 Å². The number of aliphatic hydroxyl groups excluding tert-OH is 1. The zero-order chi connectivity index (χ0) is 14.2. The topological polar surface area (TPSA) is 38.7 Å². The maximum atomic E-state index is 8.52. The summed E-state index contributed by atoms with van der Waals surface area (Å²) in [6.07, 6.45) is 10.6. The summed E-state index contributed by atoms with van der Waals surface area (Å²) in [5.41, 5.74) is 0. The van der Waals surface area contributed by atoms with Gasteiger partial charge in [-0.2, -0.15) is 0 Å². The second-order valence-electron chi connectivity index (χ2n) is 5.40. The van der Waals surface area contributed by atoms with Gasteiger partial charge in [-0.25, -0.2) is 0 Å². The lowest BCUT2D eigenvalue weighted by Gasteiger charge is -2.11. The quantitative estimate of drug-likeness (QED) is 0.462. The van der Waals surface area contributed by atoms with Crippen molar-refractivity contribution >= 4 is 0 Å². The number of aliphatic hydroxyl groups is 1. The lowest BCUT2D eigenvalue weighted by atomic mass is 9.97. The van der Waals surface area contributed by atoms with E-state index in [9.17, 15) is 0 Å². The van der Waals surface area contributed by atoms with E-state index < -0.39 is 0 Å². The van der Waals surface area contributed by atoms with Crippen LogP contribution in [-0.2, 0) is 9.47 Å². The van der Waals surface area contributed by atoms with E-state index in [0.717, 1.165) is 18.9 Å². The molecule has 0 aromatic heterocycles. The van der Waals surface area contributed by atoms with Crippen molar-refractivity contribution in [3.63, 3.8) is 0 Å². The van der Waals surface area contributed by atoms with Crippen LogP contribution >= 0.6 is 0 Å². The molecule has 1 N–H and O–H groups in total. The van der Waals surface area contributed by atoms with E-state index in [1.807, 2.05) is 0 Å². The number of rotatable bonds is 15. The van der Waals surface area contributed by atoms with Gasteiger partial charge in [-0.1, -0.05) is 58.8 Å². The van der Waals surface area contributed by atoms with Crippen LogP contribution in [0.3, 0.4) is 0 Å². The second-order valence-corrected chi connectivity index (χ2v) is 5.40. The van der Waals surface area contributed by atoms with Gasteiger partial charge in [-0.05, 0) is 12.3 Å². The van der Waals surface area contributed by atoms with E-state index in [-0.39, 0.29) is 6.61 Å². The zero-order valence-corrected chi connectivity index (χ0v) is 13.0. The first-order chi connectivity index (χ1) is 9.31. The SMILES string of the molecule is CCCCCCC(C)CCCCOCCOCCO. The first-order valence-electron chi connectivity index (χ1n) is 8.07. The molecule has 3 heteroatoms. The molecule has 0 aromatic rings. The minimum atomic E-state index is 0.0934. The van der Waals surface area contributed by atoms with E-state index in [1.165, 1.54) is 44.9 Å². The number of ether oxygens (including phenoxy) is 2. The fourth-order valence-corrected chi connectivity index (χ4v) is 2.15. The Morgan fingerprint density at radius 2 is 1.42 bits per heavy atom. The summed E-state index contributed by atoms with van der Waals surface area (Å²) in [6, 6.07) is 0. The maximum Gasteiger partial charge on any atom is 0.0701 e. The third-order valence-electron chi connectivity index (χ3n) is 3.39.